The van der Waals surface area contributed by atoms with E-state index in [1.54, 1.807) is 39.5 Å². The summed E-state index contributed by atoms with van der Waals surface area (Å²) in [6, 6.07) is 8.50. The number of nitrogens with zero attached hydrogens (tertiary/aromatic N) is 2. The maximum Gasteiger partial charge on any atom is 0.286 e. The predicted molar refractivity (Wildman–Crippen MR) is 117 cm³/mol. The van der Waals surface area contributed by atoms with Crippen LogP contribution in [0.15, 0.2) is 35.3 Å². The molecule has 30 heavy (non-hydrogen) atoms. The second-order valence-electron chi connectivity index (χ2n) is 6.07. The molecule has 0 N–H and O–H groups in total. The molecule has 3 rings (SSSR count). The first-order valence-corrected chi connectivity index (χ1v) is 10.4. The molecule has 2 aromatic carbocycles. The lowest BCUT2D eigenvalue weighted by Crippen LogP contribution is -2.21. The molecule has 1 aromatic heterocycles. The van der Waals surface area contributed by atoms with Gasteiger partial charge < -0.3 is 23.5 Å². The summed E-state index contributed by atoms with van der Waals surface area (Å²) in [6.45, 7) is 0.715. The number of benzene rings is 2. The van der Waals surface area contributed by atoms with Crippen LogP contribution in [0.2, 0.25) is 10.0 Å². The van der Waals surface area contributed by atoms with E-state index in [2.05, 4.69) is 4.99 Å². The van der Waals surface area contributed by atoms with Gasteiger partial charge in [-0.3, -0.25) is 4.79 Å². The van der Waals surface area contributed by atoms with Crippen LogP contribution in [0.5, 0.6) is 17.2 Å². The number of ether oxygens (including phenoxy) is 4. The number of methoxy groups -OCH3 is 3. The Morgan fingerprint density at radius 1 is 1.07 bits per heavy atom. The average Bonchev–Trinajstić information content (AvgIpc) is 3.06. The van der Waals surface area contributed by atoms with Crippen LogP contribution in [-0.2, 0) is 16.1 Å². The van der Waals surface area contributed by atoms with E-state index in [9.17, 15) is 4.79 Å². The Bertz CT molecular complexity index is 1130. The molecule has 0 radical (unpaired) electrons. The van der Waals surface area contributed by atoms with Gasteiger partial charge in [0.15, 0.2) is 22.9 Å². The molecule has 160 valence electrons. The number of halogens is 2. The van der Waals surface area contributed by atoms with Crippen LogP contribution >= 0.6 is 34.5 Å². The number of hydrogen-bond acceptors (Lipinski definition) is 6. The topological polar surface area (TPSA) is 71.3 Å². The van der Waals surface area contributed by atoms with Crippen LogP contribution in [0, 0.1) is 0 Å². The summed E-state index contributed by atoms with van der Waals surface area (Å²) in [5.41, 5.74) is 0.864. The van der Waals surface area contributed by atoms with Crippen LogP contribution in [-0.4, -0.2) is 45.0 Å². The summed E-state index contributed by atoms with van der Waals surface area (Å²) in [6.07, 6.45) is 0. The van der Waals surface area contributed by atoms with Gasteiger partial charge in [0.05, 0.1) is 36.1 Å². The number of carbonyl (C=O) groups is 1. The summed E-state index contributed by atoms with van der Waals surface area (Å²) < 4.78 is 24.3. The van der Waals surface area contributed by atoms with E-state index in [0.29, 0.717) is 45.2 Å². The third-order valence-corrected chi connectivity index (χ3v) is 5.74. The van der Waals surface area contributed by atoms with Crippen molar-refractivity contribution in [3.8, 4) is 17.2 Å². The van der Waals surface area contributed by atoms with Gasteiger partial charge in [0, 0.05) is 30.8 Å². The molecule has 7 nitrogen and oxygen atoms in total. The molecule has 0 aliphatic heterocycles. The van der Waals surface area contributed by atoms with Gasteiger partial charge in [-0.25, -0.2) is 0 Å². The van der Waals surface area contributed by atoms with E-state index in [1.807, 2.05) is 16.7 Å². The molecule has 0 saturated carbocycles. The highest BCUT2D eigenvalue weighted by Crippen LogP contribution is 2.33. The largest absolute Gasteiger partial charge is 0.493 e. The van der Waals surface area contributed by atoms with E-state index in [0.717, 1.165) is 10.2 Å². The Balaban J connectivity index is 1.93. The molecule has 0 bridgehead atoms. The van der Waals surface area contributed by atoms with Crippen molar-refractivity contribution < 1.29 is 23.7 Å². The van der Waals surface area contributed by atoms with Crippen LogP contribution in [0.1, 0.15) is 0 Å². The van der Waals surface area contributed by atoms with Crippen molar-refractivity contribution in [1.82, 2.24) is 4.57 Å². The van der Waals surface area contributed by atoms with Crippen molar-refractivity contribution in [2.24, 2.45) is 4.99 Å². The molecule has 0 fully saturated rings. The van der Waals surface area contributed by atoms with Crippen molar-refractivity contribution in [3.63, 3.8) is 0 Å². The molecule has 0 atom stereocenters. The van der Waals surface area contributed by atoms with E-state index in [4.69, 9.17) is 42.1 Å². The van der Waals surface area contributed by atoms with Crippen molar-refractivity contribution >= 4 is 50.7 Å². The van der Waals surface area contributed by atoms with Crippen molar-refractivity contribution in [3.05, 3.63) is 45.2 Å². The second kappa shape index (κ2) is 10.2. The van der Waals surface area contributed by atoms with Gasteiger partial charge in [0.25, 0.3) is 5.91 Å². The van der Waals surface area contributed by atoms with Gasteiger partial charge in [0.1, 0.15) is 5.75 Å². The van der Waals surface area contributed by atoms with Gasteiger partial charge in [0.2, 0.25) is 0 Å². The number of hydrogen-bond donors (Lipinski definition) is 0. The molecule has 1 amide bonds. The summed E-state index contributed by atoms with van der Waals surface area (Å²) in [4.78, 5) is 17.2. The number of carbonyl (C=O) groups excluding carboxylic acids is 1. The summed E-state index contributed by atoms with van der Waals surface area (Å²) in [5.74, 6) is 1.11. The Morgan fingerprint density at radius 3 is 2.47 bits per heavy atom. The molecule has 0 spiro atoms. The monoisotopic (exact) mass is 470 g/mol. The molecule has 1 heterocycles. The van der Waals surface area contributed by atoms with Crippen LogP contribution < -0.4 is 19.0 Å². The first kappa shape index (κ1) is 22.4. The predicted octanol–water partition coefficient (Wildman–Crippen LogP) is 4.18. The van der Waals surface area contributed by atoms with Gasteiger partial charge in [-0.15, -0.1) is 0 Å². The van der Waals surface area contributed by atoms with Crippen LogP contribution in [0.25, 0.3) is 10.2 Å². The second-order valence-corrected chi connectivity index (χ2v) is 7.93. The fourth-order valence-electron chi connectivity index (χ4n) is 2.75. The fraction of sp³-hybridized carbons (Fsp3) is 0.300. The van der Waals surface area contributed by atoms with Crippen LogP contribution in [0.4, 0.5) is 0 Å². The highest BCUT2D eigenvalue weighted by molar-refractivity contribution is 7.16. The lowest BCUT2D eigenvalue weighted by molar-refractivity contribution is -0.120. The fourth-order valence-corrected chi connectivity index (χ4v) is 4.30. The lowest BCUT2D eigenvalue weighted by Gasteiger charge is -2.09. The maximum absolute atomic E-state index is 12.5. The molecule has 0 aliphatic rings. The highest BCUT2D eigenvalue weighted by atomic mass is 35.5. The minimum atomic E-state index is -0.447. The van der Waals surface area contributed by atoms with E-state index >= 15 is 0 Å². The molecule has 0 saturated heterocycles. The zero-order chi connectivity index (χ0) is 21.7. The van der Waals surface area contributed by atoms with Gasteiger partial charge in [-0.05, 0) is 18.2 Å². The first-order chi connectivity index (χ1) is 14.5. The number of thiazole rings is 1. The maximum atomic E-state index is 12.5. The smallest absolute Gasteiger partial charge is 0.286 e. The van der Waals surface area contributed by atoms with Gasteiger partial charge >= 0.3 is 0 Å². The Hall–Kier alpha value is -2.26. The Morgan fingerprint density at radius 2 is 1.80 bits per heavy atom. The SMILES string of the molecule is COCCn1c(=NC(=O)COc2ccc(Cl)cc2Cl)sc2cc(OC)c(OC)cc21. The van der Waals surface area contributed by atoms with Crippen molar-refractivity contribution in [2.75, 3.05) is 34.5 Å². The summed E-state index contributed by atoms with van der Waals surface area (Å²) in [7, 11) is 4.76. The average molecular weight is 471 g/mol. The van der Waals surface area contributed by atoms with Crippen molar-refractivity contribution in [2.45, 2.75) is 6.54 Å². The molecular weight excluding hydrogens is 451 g/mol. The number of aromatic nitrogens is 1. The van der Waals surface area contributed by atoms with Crippen molar-refractivity contribution in [1.29, 1.82) is 0 Å². The van der Waals surface area contributed by atoms with Gasteiger partial charge in [-0.2, -0.15) is 4.99 Å². The highest BCUT2D eigenvalue weighted by Gasteiger charge is 2.14. The first-order valence-electron chi connectivity index (χ1n) is 8.86. The molecule has 0 unspecified atom stereocenters. The normalized spacial score (nSPS) is 11.7. The van der Waals surface area contributed by atoms with E-state index in [-0.39, 0.29) is 6.61 Å². The Labute approximate surface area is 187 Å². The minimum absolute atomic E-state index is 0.257. The molecule has 10 heteroatoms. The zero-order valence-corrected chi connectivity index (χ0v) is 18.9. The molecule has 0 aliphatic carbocycles. The number of rotatable bonds is 8. The Kier molecular flexibility index (Phi) is 7.60. The standard InChI is InChI=1S/C20H20Cl2N2O5S/c1-26-7-6-24-14-9-16(27-2)17(28-3)10-18(14)30-20(24)23-19(25)11-29-15-5-4-12(21)8-13(15)22/h4-5,8-10H,6-7,11H2,1-3H3. The van der Waals surface area contributed by atoms with E-state index in [1.165, 1.54) is 11.3 Å². The third kappa shape index (κ3) is 5.07. The number of fused-ring (bicyclic) bond motifs is 1. The van der Waals surface area contributed by atoms with Gasteiger partial charge in [-0.1, -0.05) is 34.5 Å². The number of amides is 1. The summed E-state index contributed by atoms with van der Waals surface area (Å²) in [5, 5.41) is 0.810. The van der Waals surface area contributed by atoms with E-state index < -0.39 is 5.91 Å². The lowest BCUT2D eigenvalue weighted by atomic mass is 10.3. The quantitative estimate of drug-likeness (QED) is 0.493. The molecular formula is C20H20Cl2N2O5S. The third-order valence-electron chi connectivity index (χ3n) is 4.17. The minimum Gasteiger partial charge on any atom is -0.493 e. The van der Waals surface area contributed by atoms with Crippen LogP contribution in [0.3, 0.4) is 0 Å². The molecule has 3 aromatic rings. The summed E-state index contributed by atoms with van der Waals surface area (Å²) >= 11 is 13.3. The zero-order valence-electron chi connectivity index (χ0n) is 16.6.